The molecule has 29 heavy (non-hydrogen) atoms. The van der Waals surface area contributed by atoms with Gasteiger partial charge in [0.25, 0.3) is 5.91 Å². The first-order valence-electron chi connectivity index (χ1n) is 8.61. The number of halogens is 4. The summed E-state index contributed by atoms with van der Waals surface area (Å²) in [4.78, 5) is 20.8. The Bertz CT molecular complexity index is 1120. The molecule has 0 aliphatic carbocycles. The van der Waals surface area contributed by atoms with E-state index in [2.05, 4.69) is 15.3 Å². The van der Waals surface area contributed by atoms with Gasteiger partial charge in [0, 0.05) is 18.2 Å². The van der Waals surface area contributed by atoms with Crippen LogP contribution in [0.5, 0.6) is 0 Å². The molecule has 0 spiro atoms. The molecule has 0 bridgehead atoms. The first-order chi connectivity index (χ1) is 13.8. The Balaban J connectivity index is 1.73. The zero-order chi connectivity index (χ0) is 20.6. The van der Waals surface area contributed by atoms with Crippen LogP contribution in [0, 0.1) is 5.82 Å². The zero-order valence-electron chi connectivity index (χ0n) is 14.8. The van der Waals surface area contributed by atoms with Crippen molar-refractivity contribution in [1.29, 1.82) is 0 Å². The van der Waals surface area contributed by atoms with Crippen LogP contribution in [0.2, 0.25) is 0 Å². The highest BCUT2D eigenvalue weighted by molar-refractivity contribution is 6.13. The van der Waals surface area contributed by atoms with Crippen molar-refractivity contribution in [3.05, 3.63) is 89.0 Å². The Labute approximate surface area is 162 Å². The number of carbonyl (C=O) groups excluding carboxylic acids is 1. The largest absolute Gasteiger partial charge is 0.417 e. The maximum absolute atomic E-state index is 13.7. The summed E-state index contributed by atoms with van der Waals surface area (Å²) in [5.74, 6) is -1.25. The van der Waals surface area contributed by atoms with Crippen LogP contribution < -0.4 is 5.32 Å². The van der Waals surface area contributed by atoms with Crippen LogP contribution in [0.3, 0.4) is 0 Å². The van der Waals surface area contributed by atoms with E-state index in [1.54, 1.807) is 30.5 Å². The van der Waals surface area contributed by atoms with Crippen LogP contribution in [0.4, 0.5) is 28.9 Å². The monoisotopic (exact) mass is 399 g/mol. The molecule has 1 aliphatic rings. The summed E-state index contributed by atoms with van der Waals surface area (Å²) in [6.45, 7) is 0. The Morgan fingerprint density at radius 2 is 1.90 bits per heavy atom. The number of para-hydroxylation sites is 1. The van der Waals surface area contributed by atoms with E-state index in [4.69, 9.17) is 0 Å². The molecule has 2 heterocycles. The predicted octanol–water partition coefficient (Wildman–Crippen LogP) is 5.17. The second-order valence-corrected chi connectivity index (χ2v) is 6.43. The average Bonchev–Trinajstić information content (AvgIpc) is 3.12. The number of hydrogen-bond acceptors (Lipinski definition) is 3. The number of hydrogen-bond donors (Lipinski definition) is 1. The number of anilines is 1. The van der Waals surface area contributed by atoms with E-state index in [1.807, 2.05) is 0 Å². The molecule has 0 saturated heterocycles. The minimum atomic E-state index is -4.65. The minimum Gasteiger partial charge on any atom is -0.321 e. The quantitative estimate of drug-likeness (QED) is 0.618. The van der Waals surface area contributed by atoms with Gasteiger partial charge in [0.1, 0.15) is 5.82 Å². The lowest BCUT2D eigenvalue weighted by atomic mass is 9.98. The molecule has 0 saturated carbocycles. The molecule has 0 unspecified atom stereocenters. The number of nitrogens with zero attached hydrogens (tertiary/aromatic N) is 2. The van der Waals surface area contributed by atoms with Crippen LogP contribution in [0.25, 0.3) is 0 Å². The normalized spacial score (nSPS) is 13.0. The van der Waals surface area contributed by atoms with E-state index in [1.165, 1.54) is 12.3 Å². The lowest BCUT2D eigenvalue weighted by Gasteiger charge is -2.12. The molecule has 8 heteroatoms. The van der Waals surface area contributed by atoms with Crippen molar-refractivity contribution in [3.63, 3.8) is 0 Å². The molecule has 2 aromatic carbocycles. The maximum Gasteiger partial charge on any atom is 0.417 e. The van der Waals surface area contributed by atoms with Crippen LogP contribution in [-0.2, 0) is 12.6 Å². The maximum atomic E-state index is 13.7. The fraction of sp³-hybridized carbons (Fsp3) is 0.0952. The second-order valence-electron chi connectivity index (χ2n) is 6.43. The van der Waals surface area contributed by atoms with Crippen LogP contribution in [-0.4, -0.2) is 16.6 Å². The molecule has 3 aromatic rings. The van der Waals surface area contributed by atoms with Gasteiger partial charge in [-0.15, -0.1) is 0 Å². The van der Waals surface area contributed by atoms with E-state index in [9.17, 15) is 22.4 Å². The molecule has 1 N–H and O–H groups in total. The summed E-state index contributed by atoms with van der Waals surface area (Å²) >= 11 is 0. The van der Waals surface area contributed by atoms with E-state index in [-0.39, 0.29) is 28.9 Å². The molecule has 0 atom stereocenters. The van der Waals surface area contributed by atoms with E-state index in [0.29, 0.717) is 17.3 Å². The Morgan fingerprint density at radius 1 is 1.07 bits per heavy atom. The fourth-order valence-corrected chi connectivity index (χ4v) is 3.20. The third-order valence-electron chi connectivity index (χ3n) is 4.49. The third kappa shape index (κ3) is 3.73. The van der Waals surface area contributed by atoms with Gasteiger partial charge in [-0.3, -0.25) is 14.8 Å². The number of nitrogens with one attached hydrogen (secondary N) is 1. The SMILES string of the molecule is O=C(Nc1cccnc1)c1cccc2c1N=C(c1cc(F)ccc1C(F)(F)F)C2. The van der Waals surface area contributed by atoms with Crippen molar-refractivity contribution in [1.82, 2.24) is 4.98 Å². The fourth-order valence-electron chi connectivity index (χ4n) is 3.20. The van der Waals surface area contributed by atoms with Crippen molar-refractivity contribution in [2.24, 2.45) is 4.99 Å². The number of alkyl halides is 3. The third-order valence-corrected chi connectivity index (χ3v) is 4.49. The van der Waals surface area contributed by atoms with Gasteiger partial charge >= 0.3 is 6.18 Å². The highest BCUT2D eigenvalue weighted by atomic mass is 19.4. The summed E-state index contributed by atoms with van der Waals surface area (Å²) in [5, 5.41) is 2.68. The van der Waals surface area contributed by atoms with Crippen LogP contribution >= 0.6 is 0 Å². The lowest BCUT2D eigenvalue weighted by Crippen LogP contribution is -2.14. The Kier molecular flexibility index (Phi) is 4.62. The Morgan fingerprint density at radius 3 is 2.62 bits per heavy atom. The van der Waals surface area contributed by atoms with Gasteiger partial charge < -0.3 is 5.32 Å². The van der Waals surface area contributed by atoms with Crippen molar-refractivity contribution < 1.29 is 22.4 Å². The highest BCUT2D eigenvalue weighted by Gasteiger charge is 2.36. The molecule has 146 valence electrons. The molecule has 1 amide bonds. The minimum absolute atomic E-state index is 0.0634. The molecule has 1 aliphatic heterocycles. The van der Waals surface area contributed by atoms with Crippen LogP contribution in [0.15, 0.2) is 65.9 Å². The average molecular weight is 399 g/mol. The lowest BCUT2D eigenvalue weighted by molar-refractivity contribution is -0.137. The van der Waals surface area contributed by atoms with Gasteiger partial charge in [0.15, 0.2) is 0 Å². The number of benzene rings is 2. The first kappa shape index (κ1) is 18.8. The number of rotatable bonds is 3. The number of amides is 1. The standard InChI is InChI=1S/C21H13F4N3O/c22-13-6-7-17(21(23,24)25)16(10-13)18-9-12-3-1-5-15(19(12)28-18)20(29)27-14-4-2-8-26-11-14/h1-8,10-11H,9H2,(H,27,29). The first-order valence-corrected chi connectivity index (χ1v) is 8.61. The smallest absolute Gasteiger partial charge is 0.321 e. The molecule has 0 fully saturated rings. The zero-order valence-corrected chi connectivity index (χ0v) is 14.8. The Hall–Kier alpha value is -3.55. The molecule has 4 rings (SSSR count). The molecular formula is C21H13F4N3O. The summed E-state index contributed by atoms with van der Waals surface area (Å²) in [6.07, 6.45) is -1.56. The van der Waals surface area contributed by atoms with Gasteiger partial charge in [-0.1, -0.05) is 12.1 Å². The van der Waals surface area contributed by atoms with Gasteiger partial charge in [0.2, 0.25) is 0 Å². The summed E-state index contributed by atoms with van der Waals surface area (Å²) in [5.41, 5.74) is 0.332. The molecular weight excluding hydrogens is 386 g/mol. The number of pyridine rings is 1. The molecule has 0 radical (unpaired) electrons. The summed E-state index contributed by atoms with van der Waals surface area (Å²) in [7, 11) is 0. The number of fused-ring (bicyclic) bond motifs is 1. The topological polar surface area (TPSA) is 54.4 Å². The highest BCUT2D eigenvalue weighted by Crippen LogP contribution is 2.37. The van der Waals surface area contributed by atoms with Crippen molar-refractivity contribution in [2.75, 3.05) is 5.32 Å². The predicted molar refractivity (Wildman–Crippen MR) is 99.9 cm³/mol. The molecule has 4 nitrogen and oxygen atoms in total. The van der Waals surface area contributed by atoms with Gasteiger partial charge in [0.05, 0.1) is 34.4 Å². The van der Waals surface area contributed by atoms with Gasteiger partial charge in [-0.2, -0.15) is 13.2 Å². The van der Waals surface area contributed by atoms with Crippen molar-refractivity contribution in [3.8, 4) is 0 Å². The van der Waals surface area contributed by atoms with Crippen LogP contribution in [0.1, 0.15) is 27.0 Å². The number of aromatic nitrogens is 1. The van der Waals surface area contributed by atoms with E-state index >= 15 is 0 Å². The summed E-state index contributed by atoms with van der Waals surface area (Å²) in [6, 6.07) is 10.4. The number of carbonyl (C=O) groups is 1. The van der Waals surface area contributed by atoms with Gasteiger partial charge in [-0.25, -0.2) is 4.39 Å². The molecule has 1 aromatic heterocycles. The van der Waals surface area contributed by atoms with E-state index < -0.39 is 23.5 Å². The second kappa shape index (κ2) is 7.12. The van der Waals surface area contributed by atoms with Crippen molar-refractivity contribution in [2.45, 2.75) is 12.6 Å². The summed E-state index contributed by atoms with van der Waals surface area (Å²) < 4.78 is 53.8. The van der Waals surface area contributed by atoms with E-state index in [0.717, 1.165) is 12.1 Å². The number of aliphatic imine (C=N–C) groups is 1. The van der Waals surface area contributed by atoms with Crippen molar-refractivity contribution >= 4 is 23.0 Å². The van der Waals surface area contributed by atoms with Gasteiger partial charge in [-0.05, 0) is 42.0 Å².